The third-order valence-electron chi connectivity index (χ3n) is 4.35. The number of carbonyl (C=O) groups excluding carboxylic acids is 1. The van der Waals surface area contributed by atoms with E-state index in [0.29, 0.717) is 6.42 Å². The van der Waals surface area contributed by atoms with Gasteiger partial charge in [-0.1, -0.05) is 19.1 Å². The zero-order valence-corrected chi connectivity index (χ0v) is 12.1. The summed E-state index contributed by atoms with van der Waals surface area (Å²) in [6.45, 7) is 4.16. The van der Waals surface area contributed by atoms with Crippen molar-refractivity contribution in [1.29, 1.82) is 0 Å². The van der Waals surface area contributed by atoms with Gasteiger partial charge in [0.2, 0.25) is 5.91 Å². The van der Waals surface area contributed by atoms with Crippen molar-refractivity contribution in [2.24, 2.45) is 0 Å². The van der Waals surface area contributed by atoms with Crippen LogP contribution >= 0.6 is 0 Å². The molecule has 3 rings (SSSR count). The first kappa shape index (κ1) is 13.1. The molecule has 0 aliphatic carbocycles. The Morgan fingerprint density at radius 2 is 2.15 bits per heavy atom. The number of pyridine rings is 1. The van der Waals surface area contributed by atoms with Gasteiger partial charge in [-0.25, -0.2) is 0 Å². The average Bonchev–Trinajstić information content (AvgIpc) is 2.81. The Morgan fingerprint density at radius 1 is 1.30 bits per heavy atom. The van der Waals surface area contributed by atoms with Gasteiger partial charge in [0.1, 0.15) is 0 Å². The number of hydrogen-bond donors (Lipinski definition) is 1. The predicted molar refractivity (Wildman–Crippen MR) is 80.6 cm³/mol. The molecule has 1 fully saturated rings. The van der Waals surface area contributed by atoms with Crippen LogP contribution in [0.4, 0.5) is 0 Å². The van der Waals surface area contributed by atoms with Crippen LogP contribution in [0.5, 0.6) is 0 Å². The molecule has 1 amide bonds. The fourth-order valence-electron chi connectivity index (χ4n) is 3.07. The van der Waals surface area contributed by atoms with Crippen LogP contribution < -0.4 is 5.32 Å². The maximum atomic E-state index is 11.5. The van der Waals surface area contributed by atoms with E-state index in [1.54, 1.807) is 0 Å². The normalized spacial score (nSPS) is 22.2. The van der Waals surface area contributed by atoms with Crippen molar-refractivity contribution in [1.82, 2.24) is 10.3 Å². The molecule has 0 spiro atoms. The van der Waals surface area contributed by atoms with Gasteiger partial charge in [-0.05, 0) is 49.9 Å². The van der Waals surface area contributed by atoms with Crippen LogP contribution in [0, 0.1) is 6.92 Å². The molecular weight excluding hydrogens is 248 g/mol. The lowest BCUT2D eigenvalue weighted by Gasteiger charge is -2.28. The second kappa shape index (κ2) is 4.89. The lowest BCUT2D eigenvalue weighted by atomic mass is 9.86. The zero-order chi connectivity index (χ0) is 14.2. The van der Waals surface area contributed by atoms with Crippen molar-refractivity contribution in [3.05, 3.63) is 41.6 Å². The van der Waals surface area contributed by atoms with E-state index in [1.807, 2.05) is 13.0 Å². The van der Waals surface area contributed by atoms with Gasteiger partial charge in [0, 0.05) is 23.0 Å². The summed E-state index contributed by atoms with van der Waals surface area (Å²) in [6, 6.07) is 10.6. The molecule has 1 aromatic heterocycles. The molecule has 1 aliphatic heterocycles. The highest BCUT2D eigenvalue weighted by molar-refractivity contribution is 5.80. The first-order valence-electron chi connectivity index (χ1n) is 7.27. The Balaban J connectivity index is 1.91. The highest BCUT2D eigenvalue weighted by Crippen LogP contribution is 2.29. The minimum absolute atomic E-state index is 0.0527. The summed E-state index contributed by atoms with van der Waals surface area (Å²) < 4.78 is 0. The van der Waals surface area contributed by atoms with E-state index in [9.17, 15) is 4.79 Å². The van der Waals surface area contributed by atoms with E-state index in [2.05, 4.69) is 41.5 Å². The molecule has 1 atom stereocenters. The Bertz CT molecular complexity index is 665. The molecular formula is C17H20N2O. The first-order valence-corrected chi connectivity index (χ1v) is 7.27. The Labute approximate surface area is 119 Å². The monoisotopic (exact) mass is 268 g/mol. The molecule has 1 saturated heterocycles. The number of amides is 1. The SMILES string of the molecule is CCC1(Cc2ccc3nc(C)ccc3c2)CCC(=O)N1. The number of hydrogen-bond acceptors (Lipinski definition) is 2. The summed E-state index contributed by atoms with van der Waals surface area (Å²) in [6.07, 6.45) is 3.47. The number of aromatic nitrogens is 1. The van der Waals surface area contributed by atoms with E-state index < -0.39 is 0 Å². The molecule has 0 saturated carbocycles. The van der Waals surface area contributed by atoms with E-state index in [4.69, 9.17) is 0 Å². The summed E-state index contributed by atoms with van der Waals surface area (Å²) in [7, 11) is 0. The fraction of sp³-hybridized carbons (Fsp3) is 0.412. The van der Waals surface area contributed by atoms with Gasteiger partial charge >= 0.3 is 0 Å². The topological polar surface area (TPSA) is 42.0 Å². The second-order valence-corrected chi connectivity index (χ2v) is 5.84. The van der Waals surface area contributed by atoms with E-state index in [0.717, 1.165) is 30.5 Å². The molecule has 104 valence electrons. The Hall–Kier alpha value is -1.90. The van der Waals surface area contributed by atoms with Crippen LogP contribution in [-0.4, -0.2) is 16.4 Å². The number of nitrogens with one attached hydrogen (secondary N) is 1. The predicted octanol–water partition coefficient (Wildman–Crippen LogP) is 3.14. The van der Waals surface area contributed by atoms with Crippen molar-refractivity contribution < 1.29 is 4.79 Å². The molecule has 1 aliphatic rings. The highest BCUT2D eigenvalue weighted by Gasteiger charge is 2.35. The highest BCUT2D eigenvalue weighted by atomic mass is 16.2. The Kier molecular flexibility index (Phi) is 3.20. The number of fused-ring (bicyclic) bond motifs is 1. The number of aryl methyl sites for hydroxylation is 1. The third kappa shape index (κ3) is 2.40. The summed E-state index contributed by atoms with van der Waals surface area (Å²) in [5.41, 5.74) is 3.29. The number of carbonyl (C=O) groups is 1. The Morgan fingerprint density at radius 3 is 2.85 bits per heavy atom. The maximum absolute atomic E-state index is 11.5. The quantitative estimate of drug-likeness (QED) is 0.929. The minimum Gasteiger partial charge on any atom is -0.350 e. The smallest absolute Gasteiger partial charge is 0.220 e. The van der Waals surface area contributed by atoms with Crippen molar-refractivity contribution in [3.63, 3.8) is 0 Å². The first-order chi connectivity index (χ1) is 9.60. The van der Waals surface area contributed by atoms with Crippen molar-refractivity contribution >= 4 is 16.8 Å². The molecule has 2 aromatic rings. The van der Waals surface area contributed by atoms with Crippen molar-refractivity contribution in [3.8, 4) is 0 Å². The molecule has 20 heavy (non-hydrogen) atoms. The van der Waals surface area contributed by atoms with Crippen LogP contribution in [0.15, 0.2) is 30.3 Å². The lowest BCUT2D eigenvalue weighted by molar-refractivity contribution is -0.119. The average molecular weight is 268 g/mol. The van der Waals surface area contributed by atoms with Crippen LogP contribution in [-0.2, 0) is 11.2 Å². The summed E-state index contributed by atoms with van der Waals surface area (Å²) in [4.78, 5) is 16.1. The van der Waals surface area contributed by atoms with Gasteiger partial charge in [-0.15, -0.1) is 0 Å². The van der Waals surface area contributed by atoms with Gasteiger partial charge in [0.25, 0.3) is 0 Å². The molecule has 0 bridgehead atoms. The molecule has 1 unspecified atom stereocenters. The van der Waals surface area contributed by atoms with E-state index in [-0.39, 0.29) is 11.4 Å². The van der Waals surface area contributed by atoms with Gasteiger partial charge in [0.15, 0.2) is 0 Å². The molecule has 1 aromatic carbocycles. The van der Waals surface area contributed by atoms with Gasteiger partial charge < -0.3 is 5.32 Å². The molecule has 3 heteroatoms. The zero-order valence-electron chi connectivity index (χ0n) is 12.1. The van der Waals surface area contributed by atoms with E-state index >= 15 is 0 Å². The van der Waals surface area contributed by atoms with Gasteiger partial charge in [0.05, 0.1) is 5.52 Å². The summed E-state index contributed by atoms with van der Waals surface area (Å²) >= 11 is 0. The number of nitrogens with zero attached hydrogens (tertiary/aromatic N) is 1. The summed E-state index contributed by atoms with van der Waals surface area (Å²) in [5.74, 6) is 0.185. The van der Waals surface area contributed by atoms with Crippen LogP contribution in [0.25, 0.3) is 10.9 Å². The minimum atomic E-state index is -0.0527. The lowest BCUT2D eigenvalue weighted by Crippen LogP contribution is -2.42. The fourth-order valence-corrected chi connectivity index (χ4v) is 3.07. The van der Waals surface area contributed by atoms with Crippen LogP contribution in [0.3, 0.4) is 0 Å². The molecule has 1 N–H and O–H groups in total. The summed E-state index contributed by atoms with van der Waals surface area (Å²) in [5, 5.41) is 4.34. The van der Waals surface area contributed by atoms with Crippen LogP contribution in [0.2, 0.25) is 0 Å². The molecule has 0 radical (unpaired) electrons. The van der Waals surface area contributed by atoms with E-state index in [1.165, 1.54) is 10.9 Å². The third-order valence-corrected chi connectivity index (χ3v) is 4.35. The molecule has 3 nitrogen and oxygen atoms in total. The standard InChI is InChI=1S/C17H20N2O/c1-3-17(9-8-16(20)19-17)11-13-5-7-15-14(10-13)6-4-12(2)18-15/h4-7,10H,3,8-9,11H2,1-2H3,(H,19,20). The van der Waals surface area contributed by atoms with Crippen molar-refractivity contribution in [2.45, 2.75) is 45.1 Å². The van der Waals surface area contributed by atoms with Gasteiger partial charge in [-0.3, -0.25) is 9.78 Å². The largest absolute Gasteiger partial charge is 0.350 e. The van der Waals surface area contributed by atoms with Crippen LogP contribution in [0.1, 0.15) is 37.4 Å². The van der Waals surface area contributed by atoms with Crippen molar-refractivity contribution in [2.75, 3.05) is 0 Å². The second-order valence-electron chi connectivity index (χ2n) is 5.84. The number of rotatable bonds is 3. The number of benzene rings is 1. The maximum Gasteiger partial charge on any atom is 0.220 e. The molecule has 2 heterocycles. The van der Waals surface area contributed by atoms with Gasteiger partial charge in [-0.2, -0.15) is 0 Å².